The SMILES string of the molecule is COc1cc(C=NNC(=O)Cc2ccccc2)cc(I)c1O. The smallest absolute Gasteiger partial charge is 0.244 e. The van der Waals surface area contributed by atoms with Crippen molar-refractivity contribution in [3.63, 3.8) is 0 Å². The number of methoxy groups -OCH3 is 1. The Morgan fingerprint density at radius 3 is 2.77 bits per heavy atom. The van der Waals surface area contributed by atoms with Crippen LogP contribution in [-0.4, -0.2) is 24.3 Å². The highest BCUT2D eigenvalue weighted by Crippen LogP contribution is 2.31. The van der Waals surface area contributed by atoms with Gasteiger partial charge in [-0.2, -0.15) is 5.10 Å². The number of nitrogens with zero attached hydrogens (tertiary/aromatic N) is 1. The Morgan fingerprint density at radius 1 is 1.36 bits per heavy atom. The second-order valence-electron chi connectivity index (χ2n) is 4.51. The molecule has 0 saturated heterocycles. The number of phenols is 1. The van der Waals surface area contributed by atoms with Crippen molar-refractivity contribution in [1.82, 2.24) is 5.43 Å². The number of hydrogen-bond donors (Lipinski definition) is 2. The second-order valence-corrected chi connectivity index (χ2v) is 5.67. The van der Waals surface area contributed by atoms with E-state index in [9.17, 15) is 9.90 Å². The number of rotatable bonds is 5. The number of phenolic OH excluding ortho intramolecular Hbond substituents is 1. The molecule has 6 heteroatoms. The van der Waals surface area contributed by atoms with Crippen LogP contribution < -0.4 is 10.2 Å². The van der Waals surface area contributed by atoms with E-state index in [1.54, 1.807) is 12.1 Å². The molecule has 2 N–H and O–H groups in total. The van der Waals surface area contributed by atoms with Crippen LogP contribution in [0.4, 0.5) is 0 Å². The summed E-state index contributed by atoms with van der Waals surface area (Å²) in [5.74, 6) is 0.264. The molecule has 0 spiro atoms. The summed E-state index contributed by atoms with van der Waals surface area (Å²) < 4.78 is 5.72. The lowest BCUT2D eigenvalue weighted by atomic mass is 10.1. The highest BCUT2D eigenvalue weighted by Gasteiger charge is 2.07. The number of ether oxygens (including phenoxy) is 1. The Balaban J connectivity index is 1.98. The average Bonchev–Trinajstić information content (AvgIpc) is 2.51. The fraction of sp³-hybridized carbons (Fsp3) is 0.125. The molecule has 2 aromatic rings. The minimum atomic E-state index is -0.192. The van der Waals surface area contributed by atoms with Gasteiger partial charge in [0.2, 0.25) is 5.91 Å². The molecule has 0 radical (unpaired) electrons. The molecule has 0 aliphatic rings. The fourth-order valence-electron chi connectivity index (χ4n) is 1.82. The lowest BCUT2D eigenvalue weighted by Gasteiger charge is -2.06. The van der Waals surface area contributed by atoms with Crippen LogP contribution in [0.3, 0.4) is 0 Å². The Morgan fingerprint density at radius 2 is 2.09 bits per heavy atom. The van der Waals surface area contributed by atoms with Crippen LogP contribution in [-0.2, 0) is 11.2 Å². The zero-order valence-corrected chi connectivity index (χ0v) is 14.1. The number of amides is 1. The minimum Gasteiger partial charge on any atom is -0.504 e. The summed E-state index contributed by atoms with van der Waals surface area (Å²) >= 11 is 2.00. The van der Waals surface area contributed by atoms with Crippen LogP contribution in [0.25, 0.3) is 0 Å². The molecule has 0 heterocycles. The molecule has 0 aliphatic carbocycles. The molecule has 0 unspecified atom stereocenters. The molecule has 114 valence electrons. The van der Waals surface area contributed by atoms with E-state index >= 15 is 0 Å². The Kier molecular flexibility index (Phi) is 5.76. The topological polar surface area (TPSA) is 70.9 Å². The maximum absolute atomic E-state index is 11.8. The highest BCUT2D eigenvalue weighted by molar-refractivity contribution is 14.1. The first kappa shape index (κ1) is 16.3. The summed E-state index contributed by atoms with van der Waals surface area (Å²) in [7, 11) is 1.48. The number of halogens is 1. The molecular formula is C16H15IN2O3. The van der Waals surface area contributed by atoms with E-state index in [0.717, 1.165) is 11.1 Å². The molecule has 0 fully saturated rings. The van der Waals surface area contributed by atoms with Crippen molar-refractivity contribution in [2.75, 3.05) is 7.11 Å². The first-order valence-electron chi connectivity index (χ1n) is 6.52. The molecule has 0 bridgehead atoms. The maximum Gasteiger partial charge on any atom is 0.244 e. The molecule has 0 saturated carbocycles. The van der Waals surface area contributed by atoms with Gasteiger partial charge in [0.05, 0.1) is 23.3 Å². The Labute approximate surface area is 142 Å². The number of nitrogens with one attached hydrogen (secondary N) is 1. The molecule has 0 aromatic heterocycles. The van der Waals surface area contributed by atoms with Crippen LogP contribution in [0.1, 0.15) is 11.1 Å². The Hall–Kier alpha value is -2.09. The number of carbonyl (C=O) groups is 1. The van der Waals surface area contributed by atoms with Crippen LogP contribution in [0.15, 0.2) is 47.6 Å². The Bertz CT molecular complexity index is 687. The number of carbonyl (C=O) groups excluding carboxylic acids is 1. The monoisotopic (exact) mass is 410 g/mol. The number of hydrogen-bond acceptors (Lipinski definition) is 4. The van der Waals surface area contributed by atoms with Gasteiger partial charge >= 0.3 is 0 Å². The third-order valence-corrected chi connectivity index (χ3v) is 3.70. The van der Waals surface area contributed by atoms with Crippen LogP contribution >= 0.6 is 22.6 Å². The van der Waals surface area contributed by atoms with Gasteiger partial charge < -0.3 is 9.84 Å². The van der Waals surface area contributed by atoms with Crippen LogP contribution in [0.5, 0.6) is 11.5 Å². The molecule has 2 aromatic carbocycles. The van der Waals surface area contributed by atoms with Gasteiger partial charge in [-0.15, -0.1) is 0 Å². The zero-order valence-electron chi connectivity index (χ0n) is 11.9. The molecular weight excluding hydrogens is 395 g/mol. The van der Waals surface area contributed by atoms with Gasteiger partial charge in [0.15, 0.2) is 11.5 Å². The van der Waals surface area contributed by atoms with Gasteiger partial charge in [0.25, 0.3) is 0 Å². The highest BCUT2D eigenvalue weighted by atomic mass is 127. The van der Waals surface area contributed by atoms with E-state index in [1.807, 2.05) is 52.9 Å². The molecule has 0 aliphatic heterocycles. The van der Waals surface area contributed by atoms with E-state index < -0.39 is 0 Å². The van der Waals surface area contributed by atoms with E-state index in [0.29, 0.717) is 9.32 Å². The lowest BCUT2D eigenvalue weighted by Crippen LogP contribution is -2.19. The van der Waals surface area contributed by atoms with Gasteiger partial charge in [-0.25, -0.2) is 5.43 Å². The predicted molar refractivity (Wildman–Crippen MR) is 93.3 cm³/mol. The second kappa shape index (κ2) is 7.79. The summed E-state index contributed by atoms with van der Waals surface area (Å²) in [4.78, 5) is 11.8. The first-order chi connectivity index (χ1) is 10.6. The number of aromatic hydroxyl groups is 1. The first-order valence-corrected chi connectivity index (χ1v) is 7.60. The number of benzene rings is 2. The fourth-order valence-corrected chi connectivity index (χ4v) is 2.45. The summed E-state index contributed by atoms with van der Waals surface area (Å²) in [6, 6.07) is 12.8. The third kappa shape index (κ3) is 4.45. The van der Waals surface area contributed by atoms with E-state index in [4.69, 9.17) is 4.74 Å². The predicted octanol–water partition coefficient (Wildman–Crippen LogP) is 2.70. The lowest BCUT2D eigenvalue weighted by molar-refractivity contribution is -0.120. The van der Waals surface area contributed by atoms with Crippen LogP contribution in [0, 0.1) is 3.57 Å². The molecule has 2 rings (SSSR count). The molecule has 0 atom stereocenters. The summed E-state index contributed by atoms with van der Waals surface area (Å²) in [6.07, 6.45) is 1.78. The minimum absolute atomic E-state index is 0.0911. The summed E-state index contributed by atoms with van der Waals surface area (Å²) in [6.45, 7) is 0. The van der Waals surface area contributed by atoms with Gasteiger partial charge in [-0.05, 0) is 45.9 Å². The average molecular weight is 410 g/mol. The normalized spacial score (nSPS) is 10.6. The molecule has 1 amide bonds. The van der Waals surface area contributed by atoms with Crippen molar-refractivity contribution in [3.05, 3.63) is 57.2 Å². The van der Waals surface area contributed by atoms with Crippen molar-refractivity contribution >= 4 is 34.7 Å². The van der Waals surface area contributed by atoms with Gasteiger partial charge in [-0.3, -0.25) is 4.79 Å². The van der Waals surface area contributed by atoms with Crippen molar-refractivity contribution in [2.24, 2.45) is 5.10 Å². The standard InChI is InChI=1S/C16H15IN2O3/c1-22-14-8-12(7-13(17)16(14)21)10-18-19-15(20)9-11-5-3-2-4-6-11/h2-8,10,21H,9H2,1H3,(H,19,20). The van der Waals surface area contributed by atoms with Crippen molar-refractivity contribution in [2.45, 2.75) is 6.42 Å². The van der Waals surface area contributed by atoms with E-state index in [-0.39, 0.29) is 18.1 Å². The van der Waals surface area contributed by atoms with E-state index in [1.165, 1.54) is 13.3 Å². The zero-order chi connectivity index (χ0) is 15.9. The van der Waals surface area contributed by atoms with Crippen molar-refractivity contribution in [1.29, 1.82) is 0 Å². The van der Waals surface area contributed by atoms with Gasteiger partial charge in [0.1, 0.15) is 0 Å². The largest absolute Gasteiger partial charge is 0.504 e. The van der Waals surface area contributed by atoms with Crippen LogP contribution in [0.2, 0.25) is 0 Å². The van der Waals surface area contributed by atoms with Gasteiger partial charge in [-0.1, -0.05) is 30.3 Å². The quantitative estimate of drug-likeness (QED) is 0.453. The van der Waals surface area contributed by atoms with Crippen molar-refractivity contribution < 1.29 is 14.6 Å². The van der Waals surface area contributed by atoms with E-state index in [2.05, 4.69) is 10.5 Å². The summed E-state index contributed by atoms with van der Waals surface area (Å²) in [5.41, 5.74) is 4.12. The molecule has 5 nitrogen and oxygen atoms in total. The summed E-state index contributed by atoms with van der Waals surface area (Å²) in [5, 5.41) is 13.7. The maximum atomic E-state index is 11.8. The third-order valence-electron chi connectivity index (χ3n) is 2.88. The van der Waals surface area contributed by atoms with Gasteiger partial charge in [0, 0.05) is 0 Å². The van der Waals surface area contributed by atoms with Crippen molar-refractivity contribution in [3.8, 4) is 11.5 Å². The molecule has 22 heavy (non-hydrogen) atoms. The number of hydrazone groups is 1.